The Kier molecular flexibility index (Phi) is 9.67. The Balaban J connectivity index is 2.22. The van der Waals surface area contributed by atoms with E-state index in [0.717, 1.165) is 36.0 Å². The number of carbonyl (C=O) groups is 3. The summed E-state index contributed by atoms with van der Waals surface area (Å²) in [5.74, 6) is -2.47. The second-order valence-corrected chi connectivity index (χ2v) is 12.0. The summed E-state index contributed by atoms with van der Waals surface area (Å²) >= 11 is 0. The van der Waals surface area contributed by atoms with Crippen molar-refractivity contribution in [3.8, 4) is 22.6 Å². The topological polar surface area (TPSA) is 128 Å². The zero-order chi connectivity index (χ0) is 29.9. The third kappa shape index (κ3) is 6.49. The van der Waals surface area contributed by atoms with Crippen molar-refractivity contribution in [2.45, 2.75) is 98.8 Å². The molecule has 0 fully saturated rings. The molecule has 1 aliphatic heterocycles. The molecule has 0 bridgehead atoms. The molecule has 2 aromatic carbocycles. The fourth-order valence-corrected chi connectivity index (χ4v) is 5.05. The lowest BCUT2D eigenvalue weighted by Crippen LogP contribution is -2.53. The maximum absolute atomic E-state index is 13.7. The number of carbonyl (C=O) groups excluding carboxylic acids is 2. The minimum atomic E-state index is -1.19. The standard InChI is InChI=1S/C32H44N2O6/c1-9-10-11-12-20-16-23-25(21-15-19(6)13-14-22(21)32(7,8)40-23)28(24(20)30(36)37)39-31(38)27(18(4)5)34-29(35)26(33)17(2)3/h13-18,26-27H,9-12,33H2,1-8H3,(H,34,35)(H,36,37). The molecule has 4 N–H and O–H groups in total. The molecule has 8 nitrogen and oxygen atoms in total. The van der Waals surface area contributed by atoms with Gasteiger partial charge in [-0.1, -0.05) is 71.2 Å². The summed E-state index contributed by atoms with van der Waals surface area (Å²) in [5, 5.41) is 13.2. The Labute approximate surface area is 237 Å². The highest BCUT2D eigenvalue weighted by Gasteiger charge is 2.39. The summed E-state index contributed by atoms with van der Waals surface area (Å²) in [7, 11) is 0. The third-order valence-electron chi connectivity index (χ3n) is 7.49. The van der Waals surface area contributed by atoms with Crippen LogP contribution in [0.2, 0.25) is 0 Å². The normalized spacial score (nSPS) is 15.1. The van der Waals surface area contributed by atoms with Crippen molar-refractivity contribution < 1.29 is 29.0 Å². The van der Waals surface area contributed by atoms with Gasteiger partial charge in [0.15, 0.2) is 5.75 Å². The van der Waals surface area contributed by atoms with Crippen molar-refractivity contribution in [3.05, 3.63) is 46.5 Å². The van der Waals surface area contributed by atoms with Gasteiger partial charge in [-0.3, -0.25) is 4.79 Å². The van der Waals surface area contributed by atoms with Crippen LogP contribution < -0.4 is 20.5 Å². The first-order chi connectivity index (χ1) is 18.7. The number of aryl methyl sites for hydroxylation is 2. The molecule has 0 aromatic heterocycles. The molecule has 0 saturated carbocycles. The van der Waals surface area contributed by atoms with Gasteiger partial charge in [0.1, 0.15) is 23.0 Å². The zero-order valence-corrected chi connectivity index (χ0v) is 25.0. The van der Waals surface area contributed by atoms with E-state index in [-0.39, 0.29) is 23.1 Å². The molecule has 2 aromatic rings. The number of hydrogen-bond donors (Lipinski definition) is 3. The largest absolute Gasteiger partial charge is 0.482 e. The van der Waals surface area contributed by atoms with E-state index in [2.05, 4.69) is 12.2 Å². The minimum absolute atomic E-state index is 0.0584. The summed E-state index contributed by atoms with van der Waals surface area (Å²) in [6, 6.07) is 5.84. The van der Waals surface area contributed by atoms with Crippen molar-refractivity contribution in [1.82, 2.24) is 5.32 Å². The molecule has 8 heteroatoms. The average molecular weight is 553 g/mol. The third-order valence-corrected chi connectivity index (χ3v) is 7.49. The average Bonchev–Trinajstić information content (AvgIpc) is 2.85. The van der Waals surface area contributed by atoms with Crippen LogP contribution >= 0.6 is 0 Å². The van der Waals surface area contributed by atoms with E-state index in [1.165, 1.54) is 0 Å². The quantitative estimate of drug-likeness (QED) is 0.184. The Hall–Kier alpha value is -3.39. The predicted octanol–water partition coefficient (Wildman–Crippen LogP) is 5.75. The van der Waals surface area contributed by atoms with Gasteiger partial charge < -0.3 is 25.6 Å². The maximum atomic E-state index is 13.7. The zero-order valence-electron chi connectivity index (χ0n) is 25.0. The van der Waals surface area contributed by atoms with Crippen molar-refractivity contribution in [3.63, 3.8) is 0 Å². The molecule has 2 unspecified atom stereocenters. The summed E-state index contributed by atoms with van der Waals surface area (Å²) < 4.78 is 12.5. The van der Waals surface area contributed by atoms with E-state index in [9.17, 15) is 19.5 Å². The summed E-state index contributed by atoms with van der Waals surface area (Å²) in [5.41, 5.74) is 8.82. The number of carboxylic acid groups (broad SMARTS) is 1. The van der Waals surface area contributed by atoms with Crippen LogP contribution in [-0.4, -0.2) is 35.0 Å². The monoisotopic (exact) mass is 552 g/mol. The van der Waals surface area contributed by atoms with Gasteiger partial charge in [0.2, 0.25) is 5.91 Å². The highest BCUT2D eigenvalue weighted by atomic mass is 16.5. The van der Waals surface area contributed by atoms with Crippen LogP contribution in [0.5, 0.6) is 11.5 Å². The van der Waals surface area contributed by atoms with Crippen molar-refractivity contribution in [2.24, 2.45) is 17.6 Å². The minimum Gasteiger partial charge on any atom is -0.482 e. The lowest BCUT2D eigenvalue weighted by Gasteiger charge is -2.36. The number of aromatic carboxylic acids is 1. The smallest absolute Gasteiger partial charge is 0.339 e. The van der Waals surface area contributed by atoms with Gasteiger partial charge in [-0.2, -0.15) is 0 Å². The lowest BCUT2D eigenvalue weighted by atomic mass is 9.83. The maximum Gasteiger partial charge on any atom is 0.339 e. The van der Waals surface area contributed by atoms with Crippen molar-refractivity contribution in [1.29, 1.82) is 0 Å². The molecule has 1 heterocycles. The van der Waals surface area contributed by atoms with Crippen LogP contribution in [0.3, 0.4) is 0 Å². The van der Waals surface area contributed by atoms with E-state index < -0.39 is 35.5 Å². The van der Waals surface area contributed by atoms with Crippen LogP contribution in [-0.2, 0) is 21.6 Å². The second kappa shape index (κ2) is 12.4. The van der Waals surface area contributed by atoms with Crippen LogP contribution in [0.25, 0.3) is 11.1 Å². The number of hydrogen-bond acceptors (Lipinski definition) is 6. The first kappa shape index (κ1) is 31.1. The molecule has 1 aliphatic rings. The van der Waals surface area contributed by atoms with Crippen LogP contribution in [0, 0.1) is 18.8 Å². The van der Waals surface area contributed by atoms with Crippen LogP contribution in [0.1, 0.15) is 94.8 Å². The number of carboxylic acids is 1. The molecular weight excluding hydrogens is 508 g/mol. The predicted molar refractivity (Wildman–Crippen MR) is 156 cm³/mol. The molecule has 0 spiro atoms. The van der Waals surface area contributed by atoms with E-state index in [1.807, 2.05) is 52.8 Å². The molecule has 2 atom stereocenters. The number of unbranched alkanes of at least 4 members (excludes halogenated alkanes) is 2. The van der Waals surface area contributed by atoms with Gasteiger partial charge in [0.05, 0.1) is 11.6 Å². The highest BCUT2D eigenvalue weighted by molar-refractivity contribution is 6.00. The van der Waals surface area contributed by atoms with Gasteiger partial charge >= 0.3 is 11.9 Å². The molecular formula is C32H44N2O6. The van der Waals surface area contributed by atoms with Gasteiger partial charge in [0.25, 0.3) is 0 Å². The Bertz CT molecular complexity index is 1280. The summed E-state index contributed by atoms with van der Waals surface area (Å²) in [6.45, 7) is 15.2. The van der Waals surface area contributed by atoms with E-state index in [0.29, 0.717) is 23.3 Å². The molecule has 0 aliphatic carbocycles. The Morgan fingerprint density at radius 1 is 1.07 bits per heavy atom. The van der Waals surface area contributed by atoms with Gasteiger partial charge in [-0.05, 0) is 62.6 Å². The Morgan fingerprint density at radius 2 is 1.75 bits per heavy atom. The number of esters is 1. The number of fused-ring (bicyclic) bond motifs is 3. The molecule has 0 saturated heterocycles. The van der Waals surface area contributed by atoms with Crippen molar-refractivity contribution >= 4 is 17.8 Å². The Morgan fingerprint density at radius 3 is 2.33 bits per heavy atom. The van der Waals surface area contributed by atoms with E-state index >= 15 is 0 Å². The molecule has 40 heavy (non-hydrogen) atoms. The van der Waals surface area contributed by atoms with Crippen LogP contribution in [0.4, 0.5) is 0 Å². The van der Waals surface area contributed by atoms with Crippen molar-refractivity contribution in [2.75, 3.05) is 0 Å². The van der Waals surface area contributed by atoms with Crippen LogP contribution in [0.15, 0.2) is 24.3 Å². The first-order valence-corrected chi connectivity index (χ1v) is 14.2. The number of nitrogens with two attached hydrogens (primary N) is 1. The molecule has 1 amide bonds. The number of nitrogens with one attached hydrogen (secondary N) is 1. The first-order valence-electron chi connectivity index (χ1n) is 14.2. The number of amides is 1. The van der Waals surface area contributed by atoms with Gasteiger partial charge in [-0.25, -0.2) is 9.59 Å². The summed E-state index contributed by atoms with van der Waals surface area (Å²) in [4.78, 5) is 39.3. The number of ether oxygens (including phenoxy) is 2. The molecule has 218 valence electrons. The number of benzene rings is 2. The lowest BCUT2D eigenvalue weighted by molar-refractivity contribution is -0.141. The van der Waals surface area contributed by atoms with Gasteiger partial charge in [0, 0.05) is 5.56 Å². The molecule has 3 rings (SSSR count). The fourth-order valence-electron chi connectivity index (χ4n) is 5.05. The second-order valence-electron chi connectivity index (χ2n) is 12.0. The van der Waals surface area contributed by atoms with Gasteiger partial charge in [-0.15, -0.1) is 0 Å². The molecule has 0 radical (unpaired) electrons. The highest BCUT2D eigenvalue weighted by Crippen LogP contribution is 2.52. The SMILES string of the molecule is CCCCCc1cc2c(c(OC(=O)C(NC(=O)C(N)C(C)C)C(C)C)c1C(=O)O)-c1cc(C)ccc1C(C)(C)O2. The van der Waals surface area contributed by atoms with E-state index in [1.54, 1.807) is 19.9 Å². The number of rotatable bonds is 11. The van der Waals surface area contributed by atoms with E-state index in [4.69, 9.17) is 15.2 Å². The summed E-state index contributed by atoms with van der Waals surface area (Å²) in [6.07, 6.45) is 3.17. The fraction of sp³-hybridized carbons (Fsp3) is 0.531.